The van der Waals surface area contributed by atoms with Crippen LogP contribution in [0.2, 0.25) is 5.02 Å². The summed E-state index contributed by atoms with van der Waals surface area (Å²) in [5, 5.41) is 3.76. The second-order valence-corrected chi connectivity index (χ2v) is 8.32. The summed E-state index contributed by atoms with van der Waals surface area (Å²) in [7, 11) is 0. The molecular weight excluding hydrogens is 425 g/mol. The van der Waals surface area contributed by atoms with Crippen LogP contribution in [0, 0.1) is 5.82 Å². The molecule has 3 aromatic rings. The van der Waals surface area contributed by atoms with Crippen LogP contribution in [0.15, 0.2) is 53.9 Å². The van der Waals surface area contributed by atoms with Crippen LogP contribution in [0.3, 0.4) is 0 Å². The molecule has 0 spiro atoms. The van der Waals surface area contributed by atoms with Crippen molar-refractivity contribution >= 4 is 28.8 Å². The Bertz CT molecular complexity index is 1000. The Kier molecular flexibility index (Phi) is 6.62. The number of hydrogen-bond donors (Lipinski definition) is 0. The molecule has 1 amide bonds. The standard InChI is InChI=1S/C22H21ClFN3O2S/c23-17-7-5-16(6-8-17)22-25-18(15-30-22)13-26-9-11-27(12-10-26)21(28)14-29-20-4-2-1-3-19(20)24/h1-8,15H,9-14H2. The van der Waals surface area contributed by atoms with Crippen molar-refractivity contribution in [2.24, 2.45) is 0 Å². The molecule has 1 saturated heterocycles. The minimum Gasteiger partial charge on any atom is -0.481 e. The molecule has 0 saturated carbocycles. The Morgan fingerprint density at radius 2 is 1.83 bits per heavy atom. The first-order valence-electron chi connectivity index (χ1n) is 9.66. The fraction of sp³-hybridized carbons (Fsp3) is 0.273. The highest BCUT2D eigenvalue weighted by molar-refractivity contribution is 7.13. The van der Waals surface area contributed by atoms with Gasteiger partial charge in [-0.25, -0.2) is 9.37 Å². The maximum Gasteiger partial charge on any atom is 0.260 e. The van der Waals surface area contributed by atoms with E-state index >= 15 is 0 Å². The first-order chi connectivity index (χ1) is 14.6. The number of thiazole rings is 1. The lowest BCUT2D eigenvalue weighted by atomic mass is 10.2. The smallest absolute Gasteiger partial charge is 0.260 e. The van der Waals surface area contributed by atoms with E-state index in [1.165, 1.54) is 12.1 Å². The van der Waals surface area contributed by atoms with Crippen molar-refractivity contribution in [2.75, 3.05) is 32.8 Å². The van der Waals surface area contributed by atoms with E-state index < -0.39 is 5.82 Å². The van der Waals surface area contributed by atoms with Crippen LogP contribution in [0.1, 0.15) is 5.69 Å². The van der Waals surface area contributed by atoms with Crippen LogP contribution in [0.25, 0.3) is 10.6 Å². The number of rotatable bonds is 6. The van der Waals surface area contributed by atoms with E-state index in [2.05, 4.69) is 10.3 Å². The number of nitrogens with zero attached hydrogens (tertiary/aromatic N) is 3. The Balaban J connectivity index is 1.25. The summed E-state index contributed by atoms with van der Waals surface area (Å²) in [6.45, 7) is 3.36. The topological polar surface area (TPSA) is 45.7 Å². The van der Waals surface area contributed by atoms with Gasteiger partial charge in [-0.2, -0.15) is 0 Å². The zero-order chi connectivity index (χ0) is 20.9. The average Bonchev–Trinajstić information content (AvgIpc) is 3.22. The number of hydrogen-bond acceptors (Lipinski definition) is 5. The number of amides is 1. The molecule has 5 nitrogen and oxygen atoms in total. The molecule has 2 heterocycles. The molecular formula is C22H21ClFN3O2S. The lowest BCUT2D eigenvalue weighted by molar-refractivity contribution is -0.135. The molecule has 0 radical (unpaired) electrons. The molecule has 1 aromatic heterocycles. The molecule has 8 heteroatoms. The van der Waals surface area contributed by atoms with E-state index in [0.29, 0.717) is 18.1 Å². The number of halogens is 2. The maximum atomic E-state index is 13.6. The third kappa shape index (κ3) is 5.16. The van der Waals surface area contributed by atoms with Crippen molar-refractivity contribution in [3.8, 4) is 16.3 Å². The van der Waals surface area contributed by atoms with Crippen LogP contribution in [0.5, 0.6) is 5.75 Å². The summed E-state index contributed by atoms with van der Waals surface area (Å²) in [6.07, 6.45) is 0. The van der Waals surface area contributed by atoms with Gasteiger partial charge in [0.05, 0.1) is 5.69 Å². The predicted molar refractivity (Wildman–Crippen MR) is 116 cm³/mol. The normalized spacial score (nSPS) is 14.7. The number of aromatic nitrogens is 1. The third-order valence-electron chi connectivity index (χ3n) is 4.94. The number of ether oxygens (including phenoxy) is 1. The van der Waals surface area contributed by atoms with Gasteiger partial charge in [0.25, 0.3) is 5.91 Å². The van der Waals surface area contributed by atoms with Crippen LogP contribution < -0.4 is 4.74 Å². The third-order valence-corrected chi connectivity index (χ3v) is 6.13. The molecule has 156 valence electrons. The van der Waals surface area contributed by atoms with Crippen LogP contribution in [0.4, 0.5) is 4.39 Å². The monoisotopic (exact) mass is 445 g/mol. The molecule has 2 aromatic carbocycles. The summed E-state index contributed by atoms with van der Waals surface area (Å²) >= 11 is 7.56. The average molecular weight is 446 g/mol. The number of carbonyl (C=O) groups is 1. The second kappa shape index (κ2) is 9.55. The SMILES string of the molecule is O=C(COc1ccccc1F)N1CCN(Cc2csc(-c3ccc(Cl)cc3)n2)CC1. The highest BCUT2D eigenvalue weighted by Crippen LogP contribution is 2.25. The van der Waals surface area contributed by atoms with Gasteiger partial charge in [0, 0.05) is 48.7 Å². The van der Waals surface area contributed by atoms with Crippen molar-refractivity contribution in [1.29, 1.82) is 0 Å². The number of para-hydroxylation sites is 1. The van der Waals surface area contributed by atoms with Crippen LogP contribution in [-0.4, -0.2) is 53.5 Å². The zero-order valence-corrected chi connectivity index (χ0v) is 17.8. The predicted octanol–water partition coefficient (Wildman–Crippen LogP) is 4.33. The van der Waals surface area contributed by atoms with E-state index in [0.717, 1.165) is 35.9 Å². The number of benzene rings is 2. The molecule has 0 atom stereocenters. The lowest BCUT2D eigenvalue weighted by Crippen LogP contribution is -2.49. The summed E-state index contributed by atoms with van der Waals surface area (Å²) in [5.74, 6) is -0.488. The fourth-order valence-corrected chi connectivity index (χ4v) is 4.22. The first-order valence-corrected chi connectivity index (χ1v) is 10.9. The highest BCUT2D eigenvalue weighted by Gasteiger charge is 2.22. The van der Waals surface area contributed by atoms with Crippen molar-refractivity contribution < 1.29 is 13.9 Å². The Morgan fingerprint density at radius 1 is 1.10 bits per heavy atom. The summed E-state index contributed by atoms with van der Waals surface area (Å²) in [6, 6.07) is 13.8. The van der Waals surface area contributed by atoms with Crippen LogP contribution >= 0.6 is 22.9 Å². The largest absolute Gasteiger partial charge is 0.481 e. The van der Waals surface area contributed by atoms with Gasteiger partial charge >= 0.3 is 0 Å². The first kappa shape index (κ1) is 20.8. The van der Waals surface area contributed by atoms with Gasteiger partial charge in [-0.05, 0) is 24.3 Å². The minimum absolute atomic E-state index is 0.101. The quantitative estimate of drug-likeness (QED) is 0.566. The van der Waals surface area contributed by atoms with Gasteiger partial charge in [-0.1, -0.05) is 35.9 Å². The van der Waals surface area contributed by atoms with Gasteiger partial charge in [0.15, 0.2) is 18.2 Å². The molecule has 0 aliphatic carbocycles. The highest BCUT2D eigenvalue weighted by atomic mass is 35.5. The molecule has 30 heavy (non-hydrogen) atoms. The summed E-state index contributed by atoms with van der Waals surface area (Å²) < 4.78 is 18.9. The number of carbonyl (C=O) groups excluding carboxylic acids is 1. The van der Waals surface area contributed by atoms with Crippen molar-refractivity contribution in [3.05, 3.63) is 70.4 Å². The molecule has 0 bridgehead atoms. The van der Waals surface area contributed by atoms with E-state index in [4.69, 9.17) is 21.3 Å². The van der Waals surface area contributed by atoms with E-state index in [-0.39, 0.29) is 18.3 Å². The Hall–Kier alpha value is -2.48. The van der Waals surface area contributed by atoms with E-state index in [1.807, 2.05) is 24.3 Å². The van der Waals surface area contributed by atoms with Crippen molar-refractivity contribution in [2.45, 2.75) is 6.54 Å². The zero-order valence-electron chi connectivity index (χ0n) is 16.3. The van der Waals surface area contributed by atoms with Crippen LogP contribution in [-0.2, 0) is 11.3 Å². The molecule has 0 N–H and O–H groups in total. The lowest BCUT2D eigenvalue weighted by Gasteiger charge is -2.34. The van der Waals surface area contributed by atoms with Gasteiger partial charge in [0.1, 0.15) is 5.01 Å². The minimum atomic E-state index is -0.462. The fourth-order valence-electron chi connectivity index (χ4n) is 3.28. The van der Waals surface area contributed by atoms with Gasteiger partial charge < -0.3 is 9.64 Å². The number of piperazine rings is 1. The Labute approximate surface area is 183 Å². The van der Waals surface area contributed by atoms with Crippen molar-refractivity contribution in [1.82, 2.24) is 14.8 Å². The summed E-state index contributed by atoms with van der Waals surface area (Å²) in [5.41, 5.74) is 2.08. The Morgan fingerprint density at radius 3 is 2.57 bits per heavy atom. The maximum absolute atomic E-state index is 13.6. The van der Waals surface area contributed by atoms with E-state index in [9.17, 15) is 9.18 Å². The molecule has 4 rings (SSSR count). The van der Waals surface area contributed by atoms with E-state index in [1.54, 1.807) is 28.4 Å². The molecule has 1 aliphatic rings. The summed E-state index contributed by atoms with van der Waals surface area (Å²) in [4.78, 5) is 21.1. The second-order valence-electron chi connectivity index (χ2n) is 7.03. The van der Waals surface area contributed by atoms with Gasteiger partial charge in [-0.15, -0.1) is 11.3 Å². The molecule has 0 unspecified atom stereocenters. The molecule has 1 aliphatic heterocycles. The van der Waals surface area contributed by atoms with Gasteiger partial charge in [-0.3, -0.25) is 9.69 Å². The van der Waals surface area contributed by atoms with Crippen molar-refractivity contribution in [3.63, 3.8) is 0 Å². The molecule has 1 fully saturated rings. The van der Waals surface area contributed by atoms with Gasteiger partial charge in [0.2, 0.25) is 0 Å².